The van der Waals surface area contributed by atoms with E-state index in [2.05, 4.69) is 12.2 Å². The highest BCUT2D eigenvalue weighted by molar-refractivity contribution is 5.87. The normalized spacial score (nSPS) is 27.5. The Morgan fingerprint density at radius 1 is 1.10 bits per heavy atom. The molecule has 0 bridgehead atoms. The lowest BCUT2D eigenvalue weighted by Gasteiger charge is -2.34. The summed E-state index contributed by atoms with van der Waals surface area (Å²) in [5.74, 6) is 0.365. The van der Waals surface area contributed by atoms with E-state index in [0.29, 0.717) is 13.1 Å². The molecule has 0 aromatic heterocycles. The minimum Gasteiger partial charge on any atom is -0.341 e. The van der Waals surface area contributed by atoms with Gasteiger partial charge in [0.05, 0.1) is 5.54 Å². The fourth-order valence-corrected chi connectivity index (χ4v) is 3.47. The Morgan fingerprint density at radius 2 is 1.80 bits per heavy atom. The van der Waals surface area contributed by atoms with Crippen molar-refractivity contribution in [2.45, 2.75) is 51.5 Å². The van der Waals surface area contributed by atoms with Gasteiger partial charge < -0.3 is 15.1 Å². The van der Waals surface area contributed by atoms with Crippen LogP contribution in [-0.4, -0.2) is 59.9 Å². The van der Waals surface area contributed by atoms with Crippen molar-refractivity contribution in [1.82, 2.24) is 15.1 Å². The smallest absolute Gasteiger partial charge is 0.242 e. The van der Waals surface area contributed by atoms with E-state index in [0.717, 1.165) is 51.7 Å². The molecular weight excluding hydrogens is 254 g/mol. The molecule has 2 aliphatic rings. The highest BCUT2D eigenvalue weighted by Crippen LogP contribution is 2.27. The first-order chi connectivity index (χ1) is 9.59. The third-order valence-corrected chi connectivity index (χ3v) is 4.56. The monoisotopic (exact) mass is 281 g/mol. The number of amides is 2. The molecular formula is C15H27N3O2. The molecule has 1 N–H and O–H groups in total. The van der Waals surface area contributed by atoms with Crippen LogP contribution in [0.5, 0.6) is 0 Å². The van der Waals surface area contributed by atoms with Crippen molar-refractivity contribution in [3.05, 3.63) is 0 Å². The van der Waals surface area contributed by atoms with E-state index in [1.54, 1.807) is 6.92 Å². The fourth-order valence-electron chi connectivity index (χ4n) is 3.47. The number of rotatable bonds is 3. The Hall–Kier alpha value is -1.10. The van der Waals surface area contributed by atoms with Crippen LogP contribution < -0.4 is 5.32 Å². The second-order valence-electron chi connectivity index (χ2n) is 6.01. The summed E-state index contributed by atoms with van der Waals surface area (Å²) in [5.41, 5.74) is -0.333. The standard InChI is InChI=1S/C15H27N3O2/c1-3-6-15(7-4-8-16-15)14(20)18-10-5-9-17(11-12-18)13(2)19/h16H,3-12H2,1-2H3. The number of hydrogen-bond acceptors (Lipinski definition) is 3. The average Bonchev–Trinajstić information content (AvgIpc) is 2.75. The van der Waals surface area contributed by atoms with Gasteiger partial charge in [0, 0.05) is 33.1 Å². The summed E-state index contributed by atoms with van der Waals surface area (Å²) < 4.78 is 0. The molecule has 114 valence electrons. The lowest BCUT2D eigenvalue weighted by atomic mass is 9.90. The maximum Gasteiger partial charge on any atom is 0.242 e. The quantitative estimate of drug-likeness (QED) is 0.839. The van der Waals surface area contributed by atoms with Gasteiger partial charge in [-0.15, -0.1) is 0 Å². The van der Waals surface area contributed by atoms with Crippen molar-refractivity contribution in [2.75, 3.05) is 32.7 Å². The summed E-state index contributed by atoms with van der Waals surface area (Å²) in [6, 6.07) is 0. The van der Waals surface area contributed by atoms with Gasteiger partial charge in [-0.1, -0.05) is 13.3 Å². The average molecular weight is 281 g/mol. The summed E-state index contributed by atoms with van der Waals surface area (Å²) in [7, 11) is 0. The first kappa shape index (κ1) is 15.3. The van der Waals surface area contributed by atoms with Crippen molar-refractivity contribution in [1.29, 1.82) is 0 Å². The molecule has 2 fully saturated rings. The Kier molecular flexibility index (Phi) is 5.02. The molecule has 2 rings (SSSR count). The Labute approximate surface area is 121 Å². The van der Waals surface area contributed by atoms with Gasteiger partial charge in [0.1, 0.15) is 0 Å². The summed E-state index contributed by atoms with van der Waals surface area (Å²) >= 11 is 0. The van der Waals surface area contributed by atoms with Crippen LogP contribution in [0, 0.1) is 0 Å². The predicted octanol–water partition coefficient (Wildman–Crippen LogP) is 0.989. The molecule has 2 saturated heterocycles. The Morgan fingerprint density at radius 3 is 2.40 bits per heavy atom. The Balaban J connectivity index is 2.02. The molecule has 0 radical (unpaired) electrons. The van der Waals surface area contributed by atoms with Crippen LogP contribution >= 0.6 is 0 Å². The van der Waals surface area contributed by atoms with Crippen molar-refractivity contribution in [2.24, 2.45) is 0 Å². The van der Waals surface area contributed by atoms with Crippen LogP contribution in [0.1, 0.15) is 46.0 Å². The van der Waals surface area contributed by atoms with Crippen LogP contribution in [-0.2, 0) is 9.59 Å². The van der Waals surface area contributed by atoms with E-state index in [4.69, 9.17) is 0 Å². The maximum absolute atomic E-state index is 12.9. The van der Waals surface area contributed by atoms with E-state index >= 15 is 0 Å². The highest BCUT2D eigenvalue weighted by atomic mass is 16.2. The fraction of sp³-hybridized carbons (Fsp3) is 0.867. The second kappa shape index (κ2) is 6.57. The highest BCUT2D eigenvalue weighted by Gasteiger charge is 2.42. The van der Waals surface area contributed by atoms with Gasteiger partial charge in [0.25, 0.3) is 0 Å². The van der Waals surface area contributed by atoms with Crippen LogP contribution in [0.25, 0.3) is 0 Å². The van der Waals surface area contributed by atoms with E-state index < -0.39 is 0 Å². The zero-order valence-electron chi connectivity index (χ0n) is 12.8. The molecule has 5 nitrogen and oxygen atoms in total. The summed E-state index contributed by atoms with van der Waals surface area (Å²) in [6.07, 6.45) is 4.85. The van der Waals surface area contributed by atoms with Crippen molar-refractivity contribution >= 4 is 11.8 Å². The molecule has 2 heterocycles. The number of carbonyl (C=O) groups excluding carboxylic acids is 2. The van der Waals surface area contributed by atoms with Crippen molar-refractivity contribution in [3.8, 4) is 0 Å². The van der Waals surface area contributed by atoms with E-state index in [1.807, 2.05) is 9.80 Å². The summed E-state index contributed by atoms with van der Waals surface area (Å²) in [6.45, 7) is 7.57. The SMILES string of the molecule is CCCC1(C(=O)N2CCCN(C(C)=O)CC2)CCCN1. The number of nitrogens with one attached hydrogen (secondary N) is 1. The minimum absolute atomic E-state index is 0.113. The maximum atomic E-state index is 12.9. The first-order valence-electron chi connectivity index (χ1n) is 7.89. The molecule has 0 aliphatic carbocycles. The zero-order valence-corrected chi connectivity index (χ0v) is 12.8. The molecule has 1 unspecified atom stereocenters. The van der Waals surface area contributed by atoms with E-state index in [-0.39, 0.29) is 17.4 Å². The number of nitrogens with zero attached hydrogens (tertiary/aromatic N) is 2. The lowest BCUT2D eigenvalue weighted by molar-refractivity contribution is -0.138. The third kappa shape index (κ3) is 3.14. The summed E-state index contributed by atoms with van der Waals surface area (Å²) in [5, 5.41) is 3.45. The van der Waals surface area contributed by atoms with Gasteiger partial charge >= 0.3 is 0 Å². The molecule has 5 heteroatoms. The number of hydrogen-bond donors (Lipinski definition) is 1. The van der Waals surface area contributed by atoms with Gasteiger partial charge in [-0.25, -0.2) is 0 Å². The van der Waals surface area contributed by atoms with Crippen molar-refractivity contribution in [3.63, 3.8) is 0 Å². The molecule has 0 aromatic carbocycles. The molecule has 0 aromatic rings. The summed E-state index contributed by atoms with van der Waals surface area (Å²) in [4.78, 5) is 28.2. The second-order valence-corrected chi connectivity index (χ2v) is 6.01. The van der Waals surface area contributed by atoms with Crippen LogP contribution in [0.4, 0.5) is 0 Å². The molecule has 2 aliphatic heterocycles. The molecule has 0 saturated carbocycles. The predicted molar refractivity (Wildman–Crippen MR) is 78.3 cm³/mol. The topological polar surface area (TPSA) is 52.7 Å². The largest absolute Gasteiger partial charge is 0.341 e. The van der Waals surface area contributed by atoms with Crippen LogP contribution in [0.3, 0.4) is 0 Å². The van der Waals surface area contributed by atoms with E-state index in [1.165, 1.54) is 0 Å². The van der Waals surface area contributed by atoms with Gasteiger partial charge in [-0.3, -0.25) is 9.59 Å². The zero-order chi connectivity index (χ0) is 14.6. The molecule has 20 heavy (non-hydrogen) atoms. The van der Waals surface area contributed by atoms with Crippen molar-refractivity contribution < 1.29 is 9.59 Å². The molecule has 1 atom stereocenters. The number of carbonyl (C=O) groups is 2. The van der Waals surface area contributed by atoms with Crippen LogP contribution in [0.2, 0.25) is 0 Å². The first-order valence-corrected chi connectivity index (χ1v) is 7.89. The molecule has 0 spiro atoms. The lowest BCUT2D eigenvalue weighted by Crippen LogP contribution is -2.55. The Bertz CT molecular complexity index is 364. The third-order valence-electron chi connectivity index (χ3n) is 4.56. The van der Waals surface area contributed by atoms with E-state index in [9.17, 15) is 9.59 Å². The van der Waals surface area contributed by atoms with Gasteiger partial charge in [0.2, 0.25) is 11.8 Å². The van der Waals surface area contributed by atoms with Gasteiger partial charge in [0.15, 0.2) is 0 Å². The van der Waals surface area contributed by atoms with Gasteiger partial charge in [-0.2, -0.15) is 0 Å². The molecule has 2 amide bonds. The van der Waals surface area contributed by atoms with Gasteiger partial charge in [-0.05, 0) is 32.2 Å². The van der Waals surface area contributed by atoms with Crippen LogP contribution in [0.15, 0.2) is 0 Å². The minimum atomic E-state index is -0.333.